The van der Waals surface area contributed by atoms with Crippen molar-refractivity contribution >= 4 is 12.1 Å². The number of carboxylic acid groups (broad SMARTS) is 1. The molecule has 0 radical (unpaired) electrons. The maximum Gasteiger partial charge on any atom is 0.410 e. The summed E-state index contributed by atoms with van der Waals surface area (Å²) in [4.78, 5) is 23.7. The number of carbonyl (C=O) groups excluding carboxylic acids is 1. The van der Waals surface area contributed by atoms with Gasteiger partial charge in [-0.15, -0.1) is 0 Å². The molecule has 0 unspecified atom stereocenters. The smallest absolute Gasteiger partial charge is 0.410 e. The third-order valence-corrected chi connectivity index (χ3v) is 2.79. The van der Waals surface area contributed by atoms with E-state index in [9.17, 15) is 14.7 Å². The van der Waals surface area contributed by atoms with E-state index in [1.807, 2.05) is 0 Å². The average Bonchev–Trinajstić information content (AvgIpc) is 2.54. The number of aliphatic hydroxyl groups is 1. The molecule has 6 heteroatoms. The number of aliphatic carboxylic acids is 1. The van der Waals surface area contributed by atoms with Crippen LogP contribution in [0.3, 0.4) is 0 Å². The topological polar surface area (TPSA) is 87.1 Å². The summed E-state index contributed by atoms with van der Waals surface area (Å²) < 4.78 is 5.20. The molecule has 0 bridgehead atoms. The highest BCUT2D eigenvalue weighted by molar-refractivity contribution is 5.69. The van der Waals surface area contributed by atoms with E-state index < -0.39 is 23.8 Å². The first-order chi connectivity index (χ1) is 8.19. The van der Waals surface area contributed by atoms with E-state index in [-0.39, 0.29) is 18.9 Å². The van der Waals surface area contributed by atoms with Crippen molar-refractivity contribution in [2.75, 3.05) is 13.1 Å². The monoisotopic (exact) mass is 259 g/mol. The van der Waals surface area contributed by atoms with E-state index in [1.54, 1.807) is 20.8 Å². The first kappa shape index (κ1) is 14.8. The Kier molecular flexibility index (Phi) is 4.56. The Morgan fingerprint density at radius 1 is 1.33 bits per heavy atom. The van der Waals surface area contributed by atoms with Crippen LogP contribution in [-0.4, -0.2) is 52.0 Å². The van der Waals surface area contributed by atoms with Gasteiger partial charge in [0.15, 0.2) is 0 Å². The lowest BCUT2D eigenvalue weighted by Gasteiger charge is -2.24. The molecule has 0 spiro atoms. The molecule has 1 fully saturated rings. The van der Waals surface area contributed by atoms with E-state index in [2.05, 4.69) is 0 Å². The van der Waals surface area contributed by atoms with Crippen LogP contribution in [0.25, 0.3) is 0 Å². The summed E-state index contributed by atoms with van der Waals surface area (Å²) in [5.41, 5.74) is -0.568. The molecule has 2 atom stereocenters. The number of aliphatic hydroxyl groups excluding tert-OH is 1. The second-order valence-electron chi connectivity index (χ2n) is 5.65. The van der Waals surface area contributed by atoms with Crippen molar-refractivity contribution < 1.29 is 24.5 Å². The maximum absolute atomic E-state index is 11.8. The third-order valence-electron chi connectivity index (χ3n) is 2.79. The maximum atomic E-state index is 11.8. The first-order valence-electron chi connectivity index (χ1n) is 6.07. The fraction of sp³-hybridized carbons (Fsp3) is 0.833. The molecule has 1 heterocycles. The lowest BCUT2D eigenvalue weighted by molar-refractivity contribution is -0.137. The predicted molar refractivity (Wildman–Crippen MR) is 64.2 cm³/mol. The van der Waals surface area contributed by atoms with E-state index >= 15 is 0 Å². The molecule has 1 saturated heterocycles. The number of nitrogens with zero attached hydrogens (tertiary/aromatic N) is 1. The van der Waals surface area contributed by atoms with Crippen LogP contribution in [0, 0.1) is 5.92 Å². The Balaban J connectivity index is 2.47. The van der Waals surface area contributed by atoms with E-state index in [0.717, 1.165) is 0 Å². The summed E-state index contributed by atoms with van der Waals surface area (Å²) in [6.45, 7) is 5.89. The predicted octanol–water partition coefficient (Wildman–Crippen LogP) is 1.08. The van der Waals surface area contributed by atoms with Gasteiger partial charge in [-0.05, 0) is 27.2 Å². The van der Waals surface area contributed by atoms with Crippen molar-refractivity contribution in [3.63, 3.8) is 0 Å². The molecule has 0 aliphatic carbocycles. The molecule has 6 nitrogen and oxygen atoms in total. The fourth-order valence-corrected chi connectivity index (χ4v) is 1.92. The van der Waals surface area contributed by atoms with Gasteiger partial charge in [-0.25, -0.2) is 4.79 Å². The lowest BCUT2D eigenvalue weighted by atomic mass is 10.0. The molecule has 1 aliphatic heterocycles. The van der Waals surface area contributed by atoms with Gasteiger partial charge in [-0.3, -0.25) is 4.79 Å². The van der Waals surface area contributed by atoms with Gasteiger partial charge in [-0.2, -0.15) is 0 Å². The summed E-state index contributed by atoms with van der Waals surface area (Å²) >= 11 is 0. The van der Waals surface area contributed by atoms with E-state index in [4.69, 9.17) is 9.84 Å². The summed E-state index contributed by atoms with van der Waals surface area (Å²) in [6.07, 6.45) is -0.754. The third kappa shape index (κ3) is 4.52. The minimum Gasteiger partial charge on any atom is -0.481 e. The summed E-state index contributed by atoms with van der Waals surface area (Å²) in [5, 5.41) is 18.4. The van der Waals surface area contributed by atoms with Crippen molar-refractivity contribution in [3.05, 3.63) is 0 Å². The van der Waals surface area contributed by atoms with Gasteiger partial charge in [0.05, 0.1) is 12.6 Å². The first-order valence-corrected chi connectivity index (χ1v) is 6.07. The molecule has 0 saturated carbocycles. The summed E-state index contributed by atoms with van der Waals surface area (Å²) in [5.74, 6) is -1.08. The van der Waals surface area contributed by atoms with Crippen LogP contribution in [0.5, 0.6) is 0 Å². The van der Waals surface area contributed by atoms with Crippen molar-refractivity contribution in [2.45, 2.75) is 45.3 Å². The molecule has 1 aliphatic rings. The number of amides is 1. The van der Waals surface area contributed by atoms with Crippen molar-refractivity contribution in [1.82, 2.24) is 4.90 Å². The quantitative estimate of drug-likeness (QED) is 0.792. The van der Waals surface area contributed by atoms with Gasteiger partial charge in [0.2, 0.25) is 0 Å². The van der Waals surface area contributed by atoms with E-state index in [1.165, 1.54) is 4.90 Å². The second kappa shape index (κ2) is 5.56. The molecule has 1 amide bonds. The van der Waals surface area contributed by atoms with E-state index in [0.29, 0.717) is 13.0 Å². The van der Waals surface area contributed by atoms with Crippen molar-refractivity contribution in [2.24, 2.45) is 5.92 Å². The zero-order valence-electron chi connectivity index (χ0n) is 11.0. The van der Waals surface area contributed by atoms with Crippen LogP contribution in [0.2, 0.25) is 0 Å². The lowest BCUT2D eigenvalue weighted by Crippen LogP contribution is -2.35. The van der Waals surface area contributed by atoms with Crippen LogP contribution < -0.4 is 0 Å². The molecule has 0 aromatic carbocycles. The molecule has 104 valence electrons. The number of β-amino-alcohol motifs (C(OH)–C–C–N with tert-alkyl or cyclic N) is 1. The zero-order valence-corrected chi connectivity index (χ0v) is 11.0. The van der Waals surface area contributed by atoms with Gasteiger partial charge in [-0.1, -0.05) is 0 Å². The Labute approximate surface area is 107 Å². The number of likely N-dealkylation sites (tertiary alicyclic amines) is 1. The Hall–Kier alpha value is -1.30. The van der Waals surface area contributed by atoms with Crippen molar-refractivity contribution in [3.8, 4) is 0 Å². The van der Waals surface area contributed by atoms with Crippen LogP contribution in [0.1, 0.15) is 33.6 Å². The largest absolute Gasteiger partial charge is 0.481 e. The molecular weight excluding hydrogens is 238 g/mol. The zero-order chi connectivity index (χ0) is 13.9. The highest BCUT2D eigenvalue weighted by Crippen LogP contribution is 2.23. The molecular formula is C12H21NO5. The average molecular weight is 259 g/mol. The van der Waals surface area contributed by atoms with Crippen LogP contribution in [0.15, 0.2) is 0 Å². The van der Waals surface area contributed by atoms with Crippen LogP contribution >= 0.6 is 0 Å². The molecule has 1 rings (SSSR count). The number of carboxylic acids is 1. The number of rotatable bonds is 3. The number of ether oxygens (including phenoxy) is 1. The van der Waals surface area contributed by atoms with Crippen molar-refractivity contribution in [1.29, 1.82) is 0 Å². The SMILES string of the molecule is CC(C)(C)OC(=O)N1C[C@H](CCC(=O)O)[C@H](O)C1. The fourth-order valence-electron chi connectivity index (χ4n) is 1.92. The van der Waals surface area contributed by atoms with Gasteiger partial charge >= 0.3 is 12.1 Å². The Morgan fingerprint density at radius 2 is 1.94 bits per heavy atom. The summed E-state index contributed by atoms with van der Waals surface area (Å²) in [6, 6.07) is 0. The normalized spacial score (nSPS) is 24.1. The number of hydrogen-bond acceptors (Lipinski definition) is 4. The highest BCUT2D eigenvalue weighted by Gasteiger charge is 2.35. The number of hydrogen-bond donors (Lipinski definition) is 2. The number of carbonyl (C=O) groups is 2. The Bertz CT molecular complexity index is 323. The molecule has 0 aromatic rings. The van der Waals surface area contributed by atoms with Gasteiger partial charge in [0.25, 0.3) is 0 Å². The van der Waals surface area contributed by atoms with Gasteiger partial charge in [0, 0.05) is 18.9 Å². The van der Waals surface area contributed by atoms with Crippen LogP contribution in [-0.2, 0) is 9.53 Å². The molecule has 18 heavy (non-hydrogen) atoms. The minimum absolute atomic E-state index is 0.00385. The van der Waals surface area contributed by atoms with Gasteiger partial charge in [0.1, 0.15) is 5.60 Å². The summed E-state index contributed by atoms with van der Waals surface area (Å²) in [7, 11) is 0. The molecule has 0 aromatic heterocycles. The van der Waals surface area contributed by atoms with Gasteiger partial charge < -0.3 is 19.8 Å². The van der Waals surface area contributed by atoms with Crippen LogP contribution in [0.4, 0.5) is 4.79 Å². The Morgan fingerprint density at radius 3 is 2.44 bits per heavy atom. The second-order valence-corrected chi connectivity index (χ2v) is 5.65. The molecule has 2 N–H and O–H groups in total. The minimum atomic E-state index is -0.891. The standard InChI is InChI=1S/C12H21NO5/c1-12(2,3)18-11(17)13-6-8(9(14)7-13)4-5-10(15)16/h8-9,14H,4-7H2,1-3H3,(H,15,16)/t8-,9+/m0/s1. The highest BCUT2D eigenvalue weighted by atomic mass is 16.6.